The molecule has 0 bridgehead atoms. The number of rotatable bonds is 4. The van der Waals surface area contributed by atoms with Crippen LogP contribution in [0, 0.1) is 0 Å². The predicted octanol–water partition coefficient (Wildman–Crippen LogP) is 2.59. The van der Waals surface area contributed by atoms with Crippen LogP contribution >= 0.6 is 27.7 Å². The van der Waals surface area contributed by atoms with Gasteiger partial charge in [-0.15, -0.1) is 11.8 Å². The van der Waals surface area contributed by atoms with Gasteiger partial charge in [-0.1, -0.05) is 6.92 Å². The van der Waals surface area contributed by atoms with Crippen molar-refractivity contribution in [2.24, 2.45) is 0 Å². The van der Waals surface area contributed by atoms with Gasteiger partial charge in [0.25, 0.3) is 0 Å². The summed E-state index contributed by atoms with van der Waals surface area (Å²) in [6.45, 7) is 2.16. The van der Waals surface area contributed by atoms with Gasteiger partial charge in [-0.3, -0.25) is 0 Å². The Morgan fingerprint density at radius 2 is 2.33 bits per heavy atom. The Bertz CT molecular complexity index is 357. The van der Waals surface area contributed by atoms with Gasteiger partial charge in [0, 0.05) is 17.2 Å². The van der Waals surface area contributed by atoms with Crippen LogP contribution < -0.4 is 0 Å². The summed E-state index contributed by atoms with van der Waals surface area (Å²) in [5, 5.41) is 10.1. The lowest BCUT2D eigenvalue weighted by Crippen LogP contribution is -2.03. The molecule has 1 aromatic rings. The maximum atomic E-state index is 8.98. The Morgan fingerprint density at radius 1 is 1.60 bits per heavy atom. The molecule has 0 aromatic carbocycles. The first-order valence-corrected chi connectivity index (χ1v) is 6.68. The summed E-state index contributed by atoms with van der Waals surface area (Å²) in [6, 6.07) is 1.91. The molecule has 1 aromatic heterocycles. The van der Waals surface area contributed by atoms with Crippen molar-refractivity contribution in [3.8, 4) is 0 Å². The molecule has 1 aliphatic rings. The minimum Gasteiger partial charge on any atom is -0.395 e. The zero-order chi connectivity index (χ0) is 10.8. The average molecular weight is 289 g/mol. The fourth-order valence-electron chi connectivity index (χ4n) is 1.24. The summed E-state index contributed by atoms with van der Waals surface area (Å²) >= 11 is 4.98. The maximum Gasteiger partial charge on any atom is 0.134 e. The normalized spacial score (nSPS) is 17.8. The number of nitrogens with zero attached hydrogens (tertiary/aromatic N) is 2. The molecule has 82 valence electrons. The zero-order valence-electron chi connectivity index (χ0n) is 8.48. The van der Waals surface area contributed by atoms with Crippen LogP contribution in [0.2, 0.25) is 0 Å². The molecule has 0 saturated heterocycles. The van der Waals surface area contributed by atoms with E-state index in [0.717, 1.165) is 15.5 Å². The Hall–Kier alpha value is -0.130. The molecular formula is C10H13BrN2OS. The van der Waals surface area contributed by atoms with Crippen LogP contribution in [-0.4, -0.2) is 26.9 Å². The highest BCUT2D eigenvalue weighted by molar-refractivity contribution is 9.10. The molecule has 1 atom stereocenters. The summed E-state index contributed by atoms with van der Waals surface area (Å²) in [7, 11) is 0. The Labute approximate surface area is 102 Å². The van der Waals surface area contributed by atoms with Gasteiger partial charge < -0.3 is 5.11 Å². The smallest absolute Gasteiger partial charge is 0.134 e. The highest BCUT2D eigenvalue weighted by Crippen LogP contribution is 2.39. The second-order valence-electron chi connectivity index (χ2n) is 3.77. The predicted molar refractivity (Wildman–Crippen MR) is 64.1 cm³/mol. The molecule has 5 heteroatoms. The van der Waals surface area contributed by atoms with Crippen molar-refractivity contribution in [2.75, 3.05) is 6.61 Å². The fraction of sp³-hybridized carbons (Fsp3) is 0.600. The Balaban J connectivity index is 2.15. The standard InChI is InChI=1S/C10H13BrN2OS/c1-6(5-14)15-9-4-8(11)12-10(13-9)7-2-3-7/h4,6-7,14H,2-3,5H2,1H3. The lowest BCUT2D eigenvalue weighted by Gasteiger charge is -2.08. The number of aliphatic hydroxyl groups excluding tert-OH is 1. The molecule has 0 aliphatic heterocycles. The first-order chi connectivity index (χ1) is 7.19. The number of hydrogen-bond acceptors (Lipinski definition) is 4. The van der Waals surface area contributed by atoms with E-state index < -0.39 is 0 Å². The van der Waals surface area contributed by atoms with Crippen molar-refractivity contribution in [1.82, 2.24) is 9.97 Å². The van der Waals surface area contributed by atoms with Crippen LogP contribution in [0.3, 0.4) is 0 Å². The SMILES string of the molecule is CC(CO)Sc1cc(Br)nc(C2CC2)n1. The van der Waals surface area contributed by atoms with Crippen LogP contribution in [0.25, 0.3) is 0 Å². The van der Waals surface area contributed by atoms with Gasteiger partial charge in [-0.2, -0.15) is 0 Å². The third-order valence-corrected chi connectivity index (χ3v) is 3.62. The van der Waals surface area contributed by atoms with Crippen molar-refractivity contribution >= 4 is 27.7 Å². The van der Waals surface area contributed by atoms with E-state index in [2.05, 4.69) is 25.9 Å². The van der Waals surface area contributed by atoms with E-state index in [1.165, 1.54) is 12.8 Å². The van der Waals surface area contributed by atoms with E-state index in [9.17, 15) is 0 Å². The van der Waals surface area contributed by atoms with Crippen LogP contribution in [-0.2, 0) is 0 Å². The maximum absolute atomic E-state index is 8.98. The van der Waals surface area contributed by atoms with Crippen LogP contribution in [0.15, 0.2) is 15.7 Å². The molecule has 1 saturated carbocycles. The van der Waals surface area contributed by atoms with Crippen molar-refractivity contribution in [3.63, 3.8) is 0 Å². The molecule has 0 spiro atoms. The minimum absolute atomic E-state index is 0.172. The number of hydrogen-bond donors (Lipinski definition) is 1. The summed E-state index contributed by atoms with van der Waals surface area (Å²) < 4.78 is 0.840. The van der Waals surface area contributed by atoms with Crippen LogP contribution in [0.4, 0.5) is 0 Å². The minimum atomic E-state index is 0.172. The molecule has 1 N–H and O–H groups in total. The molecule has 1 aliphatic carbocycles. The van der Waals surface area contributed by atoms with Gasteiger partial charge in [-0.05, 0) is 28.8 Å². The van der Waals surface area contributed by atoms with E-state index in [4.69, 9.17) is 5.11 Å². The second kappa shape index (κ2) is 4.80. The quantitative estimate of drug-likeness (QED) is 0.683. The number of aliphatic hydroxyl groups is 1. The zero-order valence-corrected chi connectivity index (χ0v) is 10.9. The molecule has 1 unspecified atom stereocenters. The lowest BCUT2D eigenvalue weighted by atomic mass is 10.4. The molecular weight excluding hydrogens is 276 g/mol. The largest absolute Gasteiger partial charge is 0.395 e. The first-order valence-electron chi connectivity index (χ1n) is 5.01. The molecule has 0 amide bonds. The van der Waals surface area contributed by atoms with Gasteiger partial charge in [0.05, 0.1) is 6.61 Å². The monoisotopic (exact) mass is 288 g/mol. The fourth-order valence-corrected chi connectivity index (χ4v) is 2.60. The summed E-state index contributed by atoms with van der Waals surface area (Å²) in [5.74, 6) is 1.50. The summed E-state index contributed by atoms with van der Waals surface area (Å²) in [4.78, 5) is 8.85. The van der Waals surface area contributed by atoms with Gasteiger partial charge >= 0.3 is 0 Å². The molecule has 0 radical (unpaired) electrons. The third kappa shape index (κ3) is 3.16. The highest BCUT2D eigenvalue weighted by Gasteiger charge is 2.27. The second-order valence-corrected chi connectivity index (χ2v) is 6.04. The van der Waals surface area contributed by atoms with Crippen molar-refractivity contribution in [3.05, 3.63) is 16.5 Å². The molecule has 3 nitrogen and oxygen atoms in total. The number of halogens is 1. The van der Waals surface area contributed by atoms with E-state index in [0.29, 0.717) is 5.92 Å². The Morgan fingerprint density at radius 3 is 2.93 bits per heavy atom. The van der Waals surface area contributed by atoms with Gasteiger partial charge in [-0.25, -0.2) is 9.97 Å². The molecule has 1 heterocycles. The topological polar surface area (TPSA) is 46.0 Å². The van der Waals surface area contributed by atoms with E-state index in [-0.39, 0.29) is 11.9 Å². The van der Waals surface area contributed by atoms with Gasteiger partial charge in [0.1, 0.15) is 15.5 Å². The van der Waals surface area contributed by atoms with Crippen LogP contribution in [0.5, 0.6) is 0 Å². The number of thioether (sulfide) groups is 1. The molecule has 2 rings (SSSR count). The summed E-state index contributed by atoms with van der Waals surface area (Å²) in [6.07, 6.45) is 2.41. The average Bonchev–Trinajstić information content (AvgIpc) is 2.99. The summed E-state index contributed by atoms with van der Waals surface area (Å²) in [5.41, 5.74) is 0. The highest BCUT2D eigenvalue weighted by atomic mass is 79.9. The Kier molecular flexibility index (Phi) is 3.64. The van der Waals surface area contributed by atoms with E-state index in [1.54, 1.807) is 11.8 Å². The van der Waals surface area contributed by atoms with Gasteiger partial charge in [0.2, 0.25) is 0 Å². The van der Waals surface area contributed by atoms with Crippen molar-refractivity contribution in [1.29, 1.82) is 0 Å². The van der Waals surface area contributed by atoms with Crippen molar-refractivity contribution in [2.45, 2.75) is 36.0 Å². The third-order valence-electron chi connectivity index (χ3n) is 2.21. The number of aromatic nitrogens is 2. The van der Waals surface area contributed by atoms with Crippen LogP contribution in [0.1, 0.15) is 31.5 Å². The van der Waals surface area contributed by atoms with E-state index in [1.807, 2.05) is 13.0 Å². The molecule has 1 fully saturated rings. The van der Waals surface area contributed by atoms with E-state index >= 15 is 0 Å². The molecule has 15 heavy (non-hydrogen) atoms. The van der Waals surface area contributed by atoms with Crippen molar-refractivity contribution < 1.29 is 5.11 Å². The van der Waals surface area contributed by atoms with Gasteiger partial charge in [0.15, 0.2) is 0 Å². The first kappa shape index (κ1) is 11.4. The lowest BCUT2D eigenvalue weighted by molar-refractivity contribution is 0.300.